The van der Waals surface area contributed by atoms with E-state index in [1.165, 1.54) is 24.8 Å². The van der Waals surface area contributed by atoms with Crippen LogP contribution in [0.4, 0.5) is 0 Å². The first-order chi connectivity index (χ1) is 8.62. The molecule has 0 atom stereocenters. The van der Waals surface area contributed by atoms with Gasteiger partial charge in [-0.3, -0.25) is 0 Å². The second-order valence-electron chi connectivity index (χ2n) is 4.45. The van der Waals surface area contributed by atoms with Crippen molar-refractivity contribution in [2.45, 2.75) is 43.0 Å². The molecule has 0 unspecified atom stereocenters. The van der Waals surface area contributed by atoms with Crippen LogP contribution in [0.1, 0.15) is 37.8 Å². The average molecular weight is 265 g/mol. The van der Waals surface area contributed by atoms with Gasteiger partial charge in [0.1, 0.15) is 16.7 Å². The summed E-state index contributed by atoms with van der Waals surface area (Å²) in [4.78, 5) is 3.89. The largest absolute Gasteiger partial charge is 0.244 e. The van der Waals surface area contributed by atoms with Crippen LogP contribution in [0.25, 0.3) is 0 Å². The summed E-state index contributed by atoms with van der Waals surface area (Å²) in [5.41, 5.74) is 0.214. The van der Waals surface area contributed by atoms with E-state index < -0.39 is 10.0 Å². The van der Waals surface area contributed by atoms with Gasteiger partial charge in [-0.15, -0.1) is 0 Å². The first-order valence-corrected chi connectivity index (χ1v) is 7.48. The van der Waals surface area contributed by atoms with Gasteiger partial charge in [0.25, 0.3) is 0 Å². The van der Waals surface area contributed by atoms with Crippen molar-refractivity contribution in [2.24, 2.45) is 0 Å². The number of rotatable bonds is 3. The van der Waals surface area contributed by atoms with Gasteiger partial charge in [0, 0.05) is 12.2 Å². The number of nitriles is 1. The number of nitrogens with one attached hydrogen (secondary N) is 1. The van der Waals surface area contributed by atoms with Crippen molar-refractivity contribution in [3.63, 3.8) is 0 Å². The van der Waals surface area contributed by atoms with Crippen molar-refractivity contribution >= 4 is 10.0 Å². The van der Waals surface area contributed by atoms with Gasteiger partial charge in [-0.05, 0) is 25.0 Å². The number of aromatic nitrogens is 1. The molecule has 18 heavy (non-hydrogen) atoms. The molecule has 6 heteroatoms. The number of hydrogen-bond donors (Lipinski definition) is 1. The highest BCUT2D eigenvalue weighted by molar-refractivity contribution is 7.89. The molecule has 96 valence electrons. The standard InChI is InChI=1S/C12H15N3O2S/c13-8-11-6-7-12(9-14-11)18(16,17)15-10-4-2-1-3-5-10/h6-7,9-10,15H,1-5H2. The van der Waals surface area contributed by atoms with E-state index >= 15 is 0 Å². The fourth-order valence-corrected chi connectivity index (χ4v) is 3.36. The minimum absolute atomic E-state index is 0.0272. The van der Waals surface area contributed by atoms with Gasteiger partial charge in [0.15, 0.2) is 0 Å². The first kappa shape index (κ1) is 13.0. The Hall–Kier alpha value is -1.45. The van der Waals surface area contributed by atoms with Crippen molar-refractivity contribution in [3.05, 3.63) is 24.0 Å². The molecule has 2 rings (SSSR count). The minimum Gasteiger partial charge on any atom is -0.244 e. The Bertz CT molecular complexity index is 540. The molecule has 5 nitrogen and oxygen atoms in total. The number of nitrogens with zero attached hydrogens (tertiary/aromatic N) is 2. The van der Waals surface area contributed by atoms with Gasteiger partial charge in [-0.2, -0.15) is 5.26 Å². The molecule has 1 heterocycles. The fraction of sp³-hybridized carbons (Fsp3) is 0.500. The summed E-state index contributed by atoms with van der Waals surface area (Å²) in [5, 5.41) is 8.61. The number of hydrogen-bond acceptors (Lipinski definition) is 4. The van der Waals surface area contributed by atoms with Crippen molar-refractivity contribution in [1.29, 1.82) is 5.26 Å². The van der Waals surface area contributed by atoms with Gasteiger partial charge in [-0.1, -0.05) is 19.3 Å². The Morgan fingerprint density at radius 3 is 2.56 bits per heavy atom. The predicted octanol–water partition coefficient (Wildman–Crippen LogP) is 1.56. The molecule has 0 spiro atoms. The lowest BCUT2D eigenvalue weighted by molar-refractivity contribution is 0.412. The van der Waals surface area contributed by atoms with Crippen molar-refractivity contribution in [2.75, 3.05) is 0 Å². The normalized spacial score (nSPS) is 17.3. The van der Waals surface area contributed by atoms with E-state index in [0.717, 1.165) is 25.7 Å². The zero-order chi connectivity index (χ0) is 13.0. The van der Waals surface area contributed by atoms with E-state index in [1.807, 2.05) is 6.07 Å². The molecule has 0 radical (unpaired) electrons. The van der Waals surface area contributed by atoms with Gasteiger partial charge in [-0.25, -0.2) is 18.1 Å². The van der Waals surface area contributed by atoms with Gasteiger partial charge in [0.05, 0.1) is 0 Å². The van der Waals surface area contributed by atoms with Crippen LogP contribution in [0.15, 0.2) is 23.2 Å². The lowest BCUT2D eigenvalue weighted by atomic mass is 9.96. The maximum Gasteiger partial charge on any atom is 0.242 e. The maximum absolute atomic E-state index is 12.1. The summed E-state index contributed by atoms with van der Waals surface area (Å²) in [7, 11) is -3.51. The average Bonchev–Trinajstić information content (AvgIpc) is 2.39. The zero-order valence-corrected chi connectivity index (χ0v) is 10.8. The molecular formula is C12H15N3O2S. The Morgan fingerprint density at radius 2 is 2.00 bits per heavy atom. The lowest BCUT2D eigenvalue weighted by Crippen LogP contribution is -2.36. The van der Waals surface area contributed by atoms with Crippen LogP contribution in [0.5, 0.6) is 0 Å². The zero-order valence-electron chi connectivity index (χ0n) is 9.96. The van der Waals surface area contributed by atoms with E-state index in [9.17, 15) is 8.42 Å². The molecular weight excluding hydrogens is 250 g/mol. The first-order valence-electron chi connectivity index (χ1n) is 6.00. The third kappa shape index (κ3) is 3.06. The third-order valence-electron chi connectivity index (χ3n) is 3.09. The molecule has 1 aromatic heterocycles. The van der Waals surface area contributed by atoms with E-state index in [4.69, 9.17) is 5.26 Å². The Balaban J connectivity index is 2.12. The predicted molar refractivity (Wildman–Crippen MR) is 66.1 cm³/mol. The van der Waals surface area contributed by atoms with Crippen LogP contribution in [-0.4, -0.2) is 19.4 Å². The molecule has 0 saturated heterocycles. The topological polar surface area (TPSA) is 82.8 Å². The van der Waals surface area contributed by atoms with Crippen molar-refractivity contribution in [1.82, 2.24) is 9.71 Å². The summed E-state index contributed by atoms with van der Waals surface area (Å²) >= 11 is 0. The Morgan fingerprint density at radius 1 is 1.28 bits per heavy atom. The van der Waals surface area contributed by atoms with E-state index in [-0.39, 0.29) is 16.6 Å². The molecule has 1 N–H and O–H groups in total. The van der Waals surface area contributed by atoms with Crippen LogP contribution in [0.2, 0.25) is 0 Å². The monoisotopic (exact) mass is 265 g/mol. The molecule has 1 aliphatic rings. The molecule has 1 aliphatic carbocycles. The van der Waals surface area contributed by atoms with E-state index in [0.29, 0.717) is 0 Å². The molecule has 1 saturated carbocycles. The van der Waals surface area contributed by atoms with E-state index in [2.05, 4.69) is 9.71 Å². The molecule has 0 aliphatic heterocycles. The van der Waals surface area contributed by atoms with Crippen LogP contribution < -0.4 is 4.72 Å². The highest BCUT2D eigenvalue weighted by Crippen LogP contribution is 2.19. The van der Waals surface area contributed by atoms with Crippen molar-refractivity contribution in [3.8, 4) is 6.07 Å². The molecule has 0 amide bonds. The lowest BCUT2D eigenvalue weighted by Gasteiger charge is -2.22. The Labute approximate surface area is 107 Å². The smallest absolute Gasteiger partial charge is 0.242 e. The van der Waals surface area contributed by atoms with Gasteiger partial charge >= 0.3 is 0 Å². The summed E-state index contributed by atoms with van der Waals surface area (Å²) in [6, 6.07) is 4.71. The van der Waals surface area contributed by atoms with Crippen molar-refractivity contribution < 1.29 is 8.42 Å². The summed E-state index contributed by atoms with van der Waals surface area (Å²) in [6.07, 6.45) is 6.32. The maximum atomic E-state index is 12.1. The second kappa shape index (κ2) is 5.46. The fourth-order valence-electron chi connectivity index (χ4n) is 2.11. The second-order valence-corrected chi connectivity index (χ2v) is 6.16. The van der Waals surface area contributed by atoms with Crippen LogP contribution in [-0.2, 0) is 10.0 Å². The molecule has 1 fully saturated rings. The van der Waals surface area contributed by atoms with Crippen LogP contribution >= 0.6 is 0 Å². The SMILES string of the molecule is N#Cc1ccc(S(=O)(=O)NC2CCCCC2)cn1. The quantitative estimate of drug-likeness (QED) is 0.899. The minimum atomic E-state index is -3.51. The third-order valence-corrected chi connectivity index (χ3v) is 4.59. The highest BCUT2D eigenvalue weighted by atomic mass is 32.2. The number of pyridine rings is 1. The number of sulfonamides is 1. The molecule has 1 aromatic rings. The molecule has 0 bridgehead atoms. The van der Waals surface area contributed by atoms with Crippen LogP contribution in [0.3, 0.4) is 0 Å². The van der Waals surface area contributed by atoms with E-state index in [1.54, 1.807) is 0 Å². The van der Waals surface area contributed by atoms with Crippen LogP contribution in [0, 0.1) is 11.3 Å². The summed E-state index contributed by atoms with van der Waals surface area (Å²) in [6.45, 7) is 0. The summed E-state index contributed by atoms with van der Waals surface area (Å²) < 4.78 is 26.8. The molecule has 0 aromatic carbocycles. The summed E-state index contributed by atoms with van der Waals surface area (Å²) in [5.74, 6) is 0. The van der Waals surface area contributed by atoms with Gasteiger partial charge < -0.3 is 0 Å². The van der Waals surface area contributed by atoms with Gasteiger partial charge in [0.2, 0.25) is 10.0 Å². The highest BCUT2D eigenvalue weighted by Gasteiger charge is 2.21. The Kier molecular flexibility index (Phi) is 3.94.